The fraction of sp³-hybridized carbons (Fsp3) is 0.250. The predicted octanol–water partition coefficient (Wildman–Crippen LogP) is 0.498. The lowest BCUT2D eigenvalue weighted by Crippen LogP contribution is -3.00. The fourth-order valence-corrected chi connectivity index (χ4v) is 2.65. The lowest BCUT2D eigenvalue weighted by Gasteiger charge is -2.23. The molecule has 1 aromatic heterocycles. The maximum atomic E-state index is 12.6. The molecule has 0 spiro atoms. The summed E-state index contributed by atoms with van der Waals surface area (Å²) in [5, 5.41) is 1.03. The number of rotatable bonds is 5. The lowest BCUT2D eigenvalue weighted by molar-refractivity contribution is -0.870. The van der Waals surface area contributed by atoms with Crippen molar-refractivity contribution in [2.75, 3.05) is 34.3 Å². The van der Waals surface area contributed by atoms with Crippen LogP contribution in [0.2, 0.25) is 0 Å². The van der Waals surface area contributed by atoms with Crippen molar-refractivity contribution >= 4 is 16.9 Å². The summed E-state index contributed by atoms with van der Waals surface area (Å²) in [6.45, 7) is 1.18. The van der Waals surface area contributed by atoms with Crippen molar-refractivity contribution in [2.24, 2.45) is 0 Å². The van der Waals surface area contributed by atoms with Crippen LogP contribution in [0.5, 0.6) is 0 Å². The molecular weight excluding hydrogens is 427 g/mol. The molecule has 5 heteroatoms. The van der Waals surface area contributed by atoms with Gasteiger partial charge in [0.15, 0.2) is 0 Å². The third kappa shape index (κ3) is 4.61. The van der Waals surface area contributed by atoms with Gasteiger partial charge in [0.25, 0.3) is 0 Å². The number of nitrogens with zero attached hydrogens (tertiary/aromatic N) is 2. The number of hydrogen-bond donors (Lipinski definition) is 0. The van der Waals surface area contributed by atoms with Gasteiger partial charge >= 0.3 is 5.97 Å². The highest BCUT2D eigenvalue weighted by atomic mass is 127. The van der Waals surface area contributed by atoms with Gasteiger partial charge in [0, 0.05) is 11.1 Å². The maximum Gasteiger partial charge on any atom is 0.355 e. The number of esters is 1. The van der Waals surface area contributed by atoms with Gasteiger partial charge in [-0.3, -0.25) is 0 Å². The second-order valence-electron chi connectivity index (χ2n) is 6.91. The van der Waals surface area contributed by atoms with Crippen molar-refractivity contribution in [2.45, 2.75) is 0 Å². The largest absolute Gasteiger partial charge is 1.00 e. The van der Waals surface area contributed by atoms with Crippen LogP contribution >= 0.6 is 0 Å². The summed E-state index contributed by atoms with van der Waals surface area (Å²) in [6.07, 6.45) is 0. The molecule has 0 radical (unpaired) electrons. The monoisotopic (exact) mass is 450 g/mol. The van der Waals surface area contributed by atoms with E-state index in [4.69, 9.17) is 4.74 Å². The molecule has 132 valence electrons. The SMILES string of the molecule is C[N+](C)(C)CCOC(=O)c1cc2ccccc2n1-c1ccccc1.[I-]. The molecule has 0 bridgehead atoms. The van der Waals surface area contributed by atoms with Gasteiger partial charge in [-0.1, -0.05) is 36.4 Å². The Labute approximate surface area is 165 Å². The minimum absolute atomic E-state index is 0. The lowest BCUT2D eigenvalue weighted by atomic mass is 10.2. The second-order valence-corrected chi connectivity index (χ2v) is 6.91. The number of halogens is 1. The fourth-order valence-electron chi connectivity index (χ4n) is 2.65. The smallest absolute Gasteiger partial charge is 0.355 e. The molecule has 0 aliphatic carbocycles. The number of carbonyl (C=O) groups is 1. The van der Waals surface area contributed by atoms with E-state index in [9.17, 15) is 4.79 Å². The summed E-state index contributed by atoms with van der Waals surface area (Å²) in [7, 11) is 6.23. The first kappa shape index (κ1) is 19.5. The highest BCUT2D eigenvalue weighted by molar-refractivity contribution is 5.97. The first-order valence-electron chi connectivity index (χ1n) is 8.09. The van der Waals surface area contributed by atoms with Gasteiger partial charge in [0.2, 0.25) is 0 Å². The number of ether oxygens (including phenoxy) is 1. The van der Waals surface area contributed by atoms with Crippen LogP contribution in [0.4, 0.5) is 0 Å². The van der Waals surface area contributed by atoms with Crippen LogP contribution in [0.25, 0.3) is 16.6 Å². The molecule has 0 atom stereocenters. The van der Waals surface area contributed by atoms with Gasteiger partial charge < -0.3 is 37.8 Å². The Morgan fingerprint density at radius 1 is 1.00 bits per heavy atom. The quantitative estimate of drug-likeness (QED) is 0.322. The van der Waals surface area contributed by atoms with E-state index < -0.39 is 0 Å². The van der Waals surface area contributed by atoms with E-state index in [1.807, 2.05) is 65.2 Å². The van der Waals surface area contributed by atoms with E-state index in [0.717, 1.165) is 27.6 Å². The van der Waals surface area contributed by atoms with Crippen LogP contribution in [0, 0.1) is 0 Å². The summed E-state index contributed by atoms with van der Waals surface area (Å²) < 4.78 is 8.24. The van der Waals surface area contributed by atoms with Crippen LogP contribution in [0.3, 0.4) is 0 Å². The Morgan fingerprint density at radius 3 is 2.32 bits per heavy atom. The number of fused-ring (bicyclic) bond motifs is 1. The van der Waals surface area contributed by atoms with Gasteiger partial charge in [-0.05, 0) is 24.3 Å². The van der Waals surface area contributed by atoms with Crippen LogP contribution in [-0.2, 0) is 4.74 Å². The average molecular weight is 450 g/mol. The number of quaternary nitrogens is 1. The minimum atomic E-state index is -0.288. The van der Waals surface area contributed by atoms with E-state index in [0.29, 0.717) is 12.3 Å². The number of likely N-dealkylation sites (N-methyl/N-ethyl adjacent to an activating group) is 1. The number of carbonyl (C=O) groups excluding carboxylic acids is 1. The second kappa shape index (κ2) is 8.01. The van der Waals surface area contributed by atoms with Crippen molar-refractivity contribution in [3.05, 3.63) is 66.4 Å². The van der Waals surface area contributed by atoms with Crippen molar-refractivity contribution in [3.8, 4) is 5.69 Å². The molecule has 0 unspecified atom stereocenters. The van der Waals surface area contributed by atoms with Gasteiger partial charge in [-0.2, -0.15) is 0 Å². The predicted molar refractivity (Wildman–Crippen MR) is 96.5 cm³/mol. The Morgan fingerprint density at radius 2 is 1.64 bits per heavy atom. The number of aromatic nitrogens is 1. The van der Waals surface area contributed by atoms with Crippen molar-refractivity contribution < 1.29 is 38.0 Å². The van der Waals surface area contributed by atoms with E-state index in [1.54, 1.807) is 0 Å². The van der Waals surface area contributed by atoms with Gasteiger partial charge in [0.05, 0.1) is 26.7 Å². The molecule has 3 rings (SSSR count). The first-order chi connectivity index (χ1) is 11.5. The summed E-state index contributed by atoms with van der Waals surface area (Å²) in [4.78, 5) is 12.6. The third-order valence-electron chi connectivity index (χ3n) is 3.93. The topological polar surface area (TPSA) is 31.2 Å². The molecule has 0 saturated heterocycles. The molecule has 0 aliphatic heterocycles. The normalized spacial score (nSPS) is 11.2. The third-order valence-corrected chi connectivity index (χ3v) is 3.93. The Hall–Kier alpha value is -1.86. The summed E-state index contributed by atoms with van der Waals surface area (Å²) in [5.74, 6) is -0.288. The zero-order valence-corrected chi connectivity index (χ0v) is 16.9. The van der Waals surface area contributed by atoms with E-state index in [1.165, 1.54) is 0 Å². The average Bonchev–Trinajstić information content (AvgIpc) is 2.94. The van der Waals surface area contributed by atoms with Crippen LogP contribution in [0.15, 0.2) is 60.7 Å². The summed E-state index contributed by atoms with van der Waals surface area (Å²) >= 11 is 0. The maximum absolute atomic E-state index is 12.6. The van der Waals surface area contributed by atoms with Crippen LogP contribution < -0.4 is 24.0 Å². The molecule has 3 aromatic rings. The Kier molecular flexibility index (Phi) is 6.24. The molecule has 0 saturated carbocycles. The molecular formula is C20H23IN2O2. The zero-order valence-electron chi connectivity index (χ0n) is 14.8. The molecule has 4 nitrogen and oxygen atoms in total. The number of benzene rings is 2. The highest BCUT2D eigenvalue weighted by Crippen LogP contribution is 2.24. The van der Waals surface area contributed by atoms with Crippen molar-refractivity contribution in [1.29, 1.82) is 0 Å². The standard InChI is InChI=1S/C20H23N2O2.HI/c1-22(2,3)13-14-24-20(23)19-15-16-9-7-8-12-18(16)21(19)17-10-5-4-6-11-17;/h4-12,15H,13-14H2,1-3H3;1H/q+1;/p-1. The van der Waals surface area contributed by atoms with E-state index in [-0.39, 0.29) is 29.9 Å². The molecule has 0 aliphatic rings. The molecule has 0 amide bonds. The Bertz CT molecular complexity index is 851. The molecule has 25 heavy (non-hydrogen) atoms. The van der Waals surface area contributed by atoms with Crippen LogP contribution in [-0.4, -0.2) is 49.3 Å². The van der Waals surface area contributed by atoms with Gasteiger partial charge in [0.1, 0.15) is 18.8 Å². The summed E-state index contributed by atoms with van der Waals surface area (Å²) in [5.41, 5.74) is 2.52. The first-order valence-corrected chi connectivity index (χ1v) is 8.09. The van der Waals surface area contributed by atoms with Crippen LogP contribution in [0.1, 0.15) is 10.5 Å². The number of para-hydroxylation sites is 2. The molecule has 0 N–H and O–H groups in total. The van der Waals surface area contributed by atoms with E-state index in [2.05, 4.69) is 21.1 Å². The summed E-state index contributed by atoms with van der Waals surface area (Å²) in [6, 6.07) is 19.8. The van der Waals surface area contributed by atoms with Crippen molar-refractivity contribution in [1.82, 2.24) is 4.57 Å². The number of hydrogen-bond acceptors (Lipinski definition) is 2. The molecule has 0 fully saturated rings. The molecule has 1 heterocycles. The molecule has 2 aromatic carbocycles. The Balaban J connectivity index is 0.00000225. The van der Waals surface area contributed by atoms with Crippen molar-refractivity contribution in [3.63, 3.8) is 0 Å². The van der Waals surface area contributed by atoms with Gasteiger partial charge in [-0.25, -0.2) is 4.79 Å². The highest BCUT2D eigenvalue weighted by Gasteiger charge is 2.19. The minimum Gasteiger partial charge on any atom is -1.00 e. The van der Waals surface area contributed by atoms with Gasteiger partial charge in [-0.15, -0.1) is 0 Å². The zero-order chi connectivity index (χ0) is 17.2. The van der Waals surface area contributed by atoms with E-state index >= 15 is 0 Å².